The van der Waals surface area contributed by atoms with Crippen LogP contribution in [0.5, 0.6) is 0 Å². The minimum absolute atomic E-state index is 0.0929. The van der Waals surface area contributed by atoms with E-state index in [0.717, 1.165) is 12.2 Å². The van der Waals surface area contributed by atoms with E-state index in [1.807, 2.05) is 6.92 Å². The van der Waals surface area contributed by atoms with Crippen molar-refractivity contribution in [3.05, 3.63) is 35.3 Å². The predicted molar refractivity (Wildman–Crippen MR) is 67.0 cm³/mol. The number of hydrogen-bond acceptors (Lipinski definition) is 4. The second-order valence-corrected chi connectivity index (χ2v) is 4.09. The Balaban J connectivity index is 2.18. The molecule has 2 aromatic rings. The molecule has 0 saturated heterocycles. The van der Waals surface area contributed by atoms with Crippen LogP contribution in [0.3, 0.4) is 0 Å². The fourth-order valence-corrected chi connectivity index (χ4v) is 1.84. The Kier molecular flexibility index (Phi) is 3.58. The van der Waals surface area contributed by atoms with E-state index < -0.39 is 0 Å². The summed E-state index contributed by atoms with van der Waals surface area (Å²) in [5.74, 6) is 2.25. The lowest BCUT2D eigenvalue weighted by atomic mass is 10.2. The summed E-state index contributed by atoms with van der Waals surface area (Å²) in [6.07, 6.45) is 4.43. The molecule has 2 N–H and O–H groups in total. The molecule has 90 valence electrons. The van der Waals surface area contributed by atoms with Gasteiger partial charge in [-0.05, 0) is 13.3 Å². The van der Waals surface area contributed by atoms with Crippen LogP contribution in [0.25, 0.3) is 0 Å². The second-order valence-electron chi connectivity index (χ2n) is 3.70. The molecule has 0 fully saturated rings. The third-order valence-corrected chi connectivity index (χ3v) is 2.58. The van der Waals surface area contributed by atoms with Gasteiger partial charge >= 0.3 is 0 Å². The molecular formula is C11H14ClN5. The maximum Gasteiger partial charge on any atom is 0.134 e. The summed E-state index contributed by atoms with van der Waals surface area (Å²) in [4.78, 5) is 15.6. The van der Waals surface area contributed by atoms with Crippen LogP contribution < -0.4 is 5.32 Å². The summed E-state index contributed by atoms with van der Waals surface area (Å²) in [5.41, 5.74) is 0. The van der Waals surface area contributed by atoms with Gasteiger partial charge in [-0.3, -0.25) is 0 Å². The van der Waals surface area contributed by atoms with Crippen molar-refractivity contribution in [3.8, 4) is 0 Å². The van der Waals surface area contributed by atoms with E-state index in [1.165, 1.54) is 0 Å². The highest BCUT2D eigenvalue weighted by molar-refractivity contribution is 6.29. The van der Waals surface area contributed by atoms with Gasteiger partial charge in [-0.25, -0.2) is 15.0 Å². The third-order valence-electron chi connectivity index (χ3n) is 2.39. The number of H-pyrrole nitrogens is 1. The van der Waals surface area contributed by atoms with E-state index in [9.17, 15) is 0 Å². The van der Waals surface area contributed by atoms with Crippen LogP contribution in [0.1, 0.15) is 31.0 Å². The number of nitrogens with zero attached hydrogens (tertiary/aromatic N) is 3. The number of halogens is 1. The van der Waals surface area contributed by atoms with Crippen LogP contribution in [0.2, 0.25) is 5.15 Å². The molecule has 0 saturated carbocycles. The highest BCUT2D eigenvalue weighted by Gasteiger charge is 2.12. The highest BCUT2D eigenvalue weighted by atomic mass is 35.5. The Labute approximate surface area is 105 Å². The first-order valence-corrected chi connectivity index (χ1v) is 5.84. The lowest BCUT2D eigenvalue weighted by molar-refractivity contribution is 0.699. The van der Waals surface area contributed by atoms with Gasteiger partial charge in [-0.2, -0.15) is 0 Å². The number of rotatable bonds is 4. The van der Waals surface area contributed by atoms with Gasteiger partial charge in [0.1, 0.15) is 22.6 Å². The fraction of sp³-hybridized carbons (Fsp3) is 0.364. The summed E-state index contributed by atoms with van der Waals surface area (Å²) < 4.78 is 0. The van der Waals surface area contributed by atoms with Crippen molar-refractivity contribution in [1.29, 1.82) is 0 Å². The number of anilines is 1. The summed E-state index contributed by atoms with van der Waals surface area (Å²) in [7, 11) is 0. The Morgan fingerprint density at radius 2 is 2.29 bits per heavy atom. The average molecular weight is 252 g/mol. The Morgan fingerprint density at radius 1 is 1.47 bits per heavy atom. The Morgan fingerprint density at radius 3 is 2.88 bits per heavy atom. The van der Waals surface area contributed by atoms with Crippen molar-refractivity contribution in [1.82, 2.24) is 19.9 Å². The molecule has 0 aliphatic rings. The minimum atomic E-state index is 0.0929. The van der Waals surface area contributed by atoms with Gasteiger partial charge in [0.2, 0.25) is 0 Å². The first-order chi connectivity index (χ1) is 8.19. The standard InChI is InChI=1S/C11H14ClN5/c1-3-8(11-13-4-5-14-11)17-10-6-9(12)15-7(2)16-10/h4-6,8H,3H2,1-2H3,(H,13,14)(H,15,16,17). The molecule has 0 aliphatic heterocycles. The monoisotopic (exact) mass is 251 g/mol. The van der Waals surface area contributed by atoms with Crippen LogP contribution in [0.4, 0.5) is 5.82 Å². The molecule has 2 aromatic heterocycles. The molecule has 0 bridgehead atoms. The van der Waals surface area contributed by atoms with Gasteiger partial charge in [0.15, 0.2) is 0 Å². The maximum atomic E-state index is 5.89. The summed E-state index contributed by atoms with van der Waals surface area (Å²) >= 11 is 5.89. The summed E-state index contributed by atoms with van der Waals surface area (Å²) in [5, 5.41) is 3.72. The number of aromatic nitrogens is 4. The van der Waals surface area contributed by atoms with E-state index in [-0.39, 0.29) is 6.04 Å². The van der Waals surface area contributed by atoms with E-state index in [0.29, 0.717) is 16.8 Å². The average Bonchev–Trinajstić information content (AvgIpc) is 2.77. The summed E-state index contributed by atoms with van der Waals surface area (Å²) in [6, 6.07) is 1.80. The van der Waals surface area contributed by atoms with Crippen molar-refractivity contribution in [3.63, 3.8) is 0 Å². The number of aromatic amines is 1. The molecule has 2 rings (SSSR count). The van der Waals surface area contributed by atoms with Crippen LogP contribution >= 0.6 is 11.6 Å². The highest BCUT2D eigenvalue weighted by Crippen LogP contribution is 2.19. The Hall–Kier alpha value is -1.62. The van der Waals surface area contributed by atoms with E-state index in [2.05, 4.69) is 32.2 Å². The lowest BCUT2D eigenvalue weighted by Gasteiger charge is -2.15. The maximum absolute atomic E-state index is 5.89. The molecule has 1 unspecified atom stereocenters. The molecule has 0 aromatic carbocycles. The van der Waals surface area contributed by atoms with Gasteiger partial charge in [-0.1, -0.05) is 18.5 Å². The van der Waals surface area contributed by atoms with Gasteiger partial charge < -0.3 is 10.3 Å². The first-order valence-electron chi connectivity index (χ1n) is 5.46. The first kappa shape index (κ1) is 11.9. The largest absolute Gasteiger partial charge is 0.360 e. The zero-order valence-corrected chi connectivity index (χ0v) is 10.5. The second kappa shape index (κ2) is 5.14. The van der Waals surface area contributed by atoms with Crippen LogP contribution in [0, 0.1) is 6.92 Å². The molecular weight excluding hydrogens is 238 g/mol. The zero-order chi connectivity index (χ0) is 12.3. The molecule has 1 atom stereocenters. The third kappa shape index (κ3) is 2.94. The Bertz CT molecular complexity index is 462. The molecule has 0 aliphatic carbocycles. The van der Waals surface area contributed by atoms with E-state index >= 15 is 0 Å². The van der Waals surface area contributed by atoms with Gasteiger partial charge in [0.05, 0.1) is 6.04 Å². The molecule has 6 heteroatoms. The predicted octanol–water partition coefficient (Wildman–Crippen LogP) is 2.72. The van der Waals surface area contributed by atoms with Crippen molar-refractivity contribution < 1.29 is 0 Å². The molecule has 17 heavy (non-hydrogen) atoms. The van der Waals surface area contributed by atoms with Crippen molar-refractivity contribution in [2.75, 3.05) is 5.32 Å². The van der Waals surface area contributed by atoms with Crippen molar-refractivity contribution >= 4 is 17.4 Å². The quantitative estimate of drug-likeness (QED) is 0.820. The normalized spacial score (nSPS) is 12.4. The molecule has 2 heterocycles. The lowest BCUT2D eigenvalue weighted by Crippen LogP contribution is -2.13. The number of imidazole rings is 1. The smallest absolute Gasteiger partial charge is 0.134 e. The van der Waals surface area contributed by atoms with Gasteiger partial charge in [-0.15, -0.1) is 0 Å². The summed E-state index contributed by atoms with van der Waals surface area (Å²) in [6.45, 7) is 3.89. The van der Waals surface area contributed by atoms with Crippen molar-refractivity contribution in [2.45, 2.75) is 26.3 Å². The van der Waals surface area contributed by atoms with Crippen LogP contribution in [-0.2, 0) is 0 Å². The van der Waals surface area contributed by atoms with E-state index in [1.54, 1.807) is 18.5 Å². The fourth-order valence-electron chi connectivity index (χ4n) is 1.62. The number of hydrogen-bond donors (Lipinski definition) is 2. The number of aryl methyl sites for hydroxylation is 1. The molecule has 0 spiro atoms. The molecule has 0 amide bonds. The topological polar surface area (TPSA) is 66.5 Å². The zero-order valence-electron chi connectivity index (χ0n) is 9.74. The van der Waals surface area contributed by atoms with Gasteiger partial charge in [0.25, 0.3) is 0 Å². The van der Waals surface area contributed by atoms with Crippen LogP contribution in [-0.4, -0.2) is 19.9 Å². The van der Waals surface area contributed by atoms with Gasteiger partial charge in [0, 0.05) is 18.5 Å². The SMILES string of the molecule is CCC(Nc1cc(Cl)nc(C)n1)c1ncc[nH]1. The van der Waals surface area contributed by atoms with Crippen molar-refractivity contribution in [2.24, 2.45) is 0 Å². The molecule has 0 radical (unpaired) electrons. The minimum Gasteiger partial charge on any atom is -0.360 e. The molecule has 5 nitrogen and oxygen atoms in total. The van der Waals surface area contributed by atoms with Crippen LogP contribution in [0.15, 0.2) is 18.5 Å². The number of nitrogens with one attached hydrogen (secondary N) is 2. The van der Waals surface area contributed by atoms with E-state index in [4.69, 9.17) is 11.6 Å².